The van der Waals surface area contributed by atoms with Crippen molar-refractivity contribution in [2.24, 2.45) is 0 Å². The molecule has 0 spiro atoms. The summed E-state index contributed by atoms with van der Waals surface area (Å²) >= 11 is 0. The second-order valence-corrected chi connectivity index (χ2v) is 3.08. The Balaban J connectivity index is 2.14. The van der Waals surface area contributed by atoms with Crippen molar-refractivity contribution in [1.29, 1.82) is 0 Å². The molecule has 0 aliphatic rings. The van der Waals surface area contributed by atoms with Crippen molar-refractivity contribution in [1.82, 2.24) is 5.16 Å². The number of nitrogens with zero attached hydrogens (tertiary/aromatic N) is 1. The number of alkyl halides is 3. The minimum absolute atomic E-state index is 0.444. The summed E-state index contributed by atoms with van der Waals surface area (Å²) in [6, 6.07) is 6.23. The van der Waals surface area contributed by atoms with Gasteiger partial charge in [0.1, 0.15) is 6.26 Å². The molecule has 1 aromatic carbocycles. The first-order valence-electron chi connectivity index (χ1n) is 4.40. The zero-order valence-corrected chi connectivity index (χ0v) is 7.95. The lowest BCUT2D eigenvalue weighted by atomic mass is 10.2. The van der Waals surface area contributed by atoms with E-state index in [1.54, 1.807) is 6.07 Å². The van der Waals surface area contributed by atoms with Crippen molar-refractivity contribution in [3.8, 4) is 0 Å². The Morgan fingerprint density at radius 2 is 1.75 bits per heavy atom. The number of nitrogens with one attached hydrogen (secondary N) is 1. The Labute approximate surface area is 88.9 Å². The first-order chi connectivity index (χ1) is 7.55. The molecule has 0 saturated heterocycles. The number of anilines is 2. The molecule has 1 heterocycles. The molecule has 3 nitrogen and oxygen atoms in total. The van der Waals surface area contributed by atoms with E-state index in [0.717, 1.165) is 12.1 Å². The summed E-state index contributed by atoms with van der Waals surface area (Å²) in [7, 11) is 0. The van der Waals surface area contributed by atoms with Gasteiger partial charge in [0.25, 0.3) is 0 Å². The molecular formula is C10H7F3N2O. The monoisotopic (exact) mass is 228 g/mol. The molecular weight excluding hydrogens is 221 g/mol. The van der Waals surface area contributed by atoms with E-state index in [2.05, 4.69) is 15.0 Å². The van der Waals surface area contributed by atoms with Crippen molar-refractivity contribution >= 4 is 11.5 Å². The molecule has 6 heteroatoms. The van der Waals surface area contributed by atoms with Crippen LogP contribution in [0.15, 0.2) is 41.1 Å². The maximum atomic E-state index is 12.2. The van der Waals surface area contributed by atoms with E-state index in [4.69, 9.17) is 0 Å². The van der Waals surface area contributed by atoms with Crippen molar-refractivity contribution in [3.63, 3.8) is 0 Å². The van der Waals surface area contributed by atoms with E-state index in [1.165, 1.54) is 18.4 Å². The molecule has 2 rings (SSSR count). The molecule has 16 heavy (non-hydrogen) atoms. The average Bonchev–Trinajstić information content (AvgIpc) is 2.70. The SMILES string of the molecule is FC(F)(F)c1ccc(Nc2ccon2)cc1. The predicted octanol–water partition coefficient (Wildman–Crippen LogP) is 3.44. The van der Waals surface area contributed by atoms with Crippen LogP contribution < -0.4 is 5.32 Å². The fourth-order valence-corrected chi connectivity index (χ4v) is 1.17. The summed E-state index contributed by atoms with van der Waals surface area (Å²) < 4.78 is 41.3. The Kier molecular flexibility index (Phi) is 2.55. The van der Waals surface area contributed by atoms with Gasteiger partial charge in [-0.05, 0) is 24.3 Å². The Hall–Kier alpha value is -1.98. The molecule has 0 aliphatic carbocycles. The third-order valence-corrected chi connectivity index (χ3v) is 1.92. The number of aromatic nitrogens is 1. The van der Waals surface area contributed by atoms with Crippen molar-refractivity contribution < 1.29 is 17.7 Å². The van der Waals surface area contributed by atoms with Crippen LogP contribution in [-0.4, -0.2) is 5.16 Å². The normalized spacial score (nSPS) is 11.4. The summed E-state index contributed by atoms with van der Waals surface area (Å²) in [5.41, 5.74) is -0.167. The lowest BCUT2D eigenvalue weighted by molar-refractivity contribution is -0.137. The summed E-state index contributed by atoms with van der Waals surface area (Å²) in [5, 5.41) is 6.36. The maximum Gasteiger partial charge on any atom is 0.416 e. The lowest BCUT2D eigenvalue weighted by Gasteiger charge is -2.07. The molecule has 0 aliphatic heterocycles. The van der Waals surface area contributed by atoms with Crippen LogP contribution in [0.1, 0.15) is 5.56 Å². The highest BCUT2D eigenvalue weighted by Crippen LogP contribution is 2.30. The van der Waals surface area contributed by atoms with Gasteiger partial charge in [0, 0.05) is 11.8 Å². The van der Waals surface area contributed by atoms with Crippen LogP contribution in [0.3, 0.4) is 0 Å². The number of benzene rings is 1. The molecule has 0 bridgehead atoms. The van der Waals surface area contributed by atoms with Crippen molar-refractivity contribution in [2.75, 3.05) is 5.32 Å². The second kappa shape index (κ2) is 3.88. The van der Waals surface area contributed by atoms with Crippen molar-refractivity contribution in [2.45, 2.75) is 6.18 Å². The summed E-state index contributed by atoms with van der Waals surface area (Å²) in [5.74, 6) is 0.444. The van der Waals surface area contributed by atoms with Gasteiger partial charge in [-0.25, -0.2) is 0 Å². The Morgan fingerprint density at radius 3 is 2.25 bits per heavy atom. The van der Waals surface area contributed by atoms with Gasteiger partial charge in [-0.3, -0.25) is 0 Å². The van der Waals surface area contributed by atoms with Gasteiger partial charge in [-0.2, -0.15) is 13.2 Å². The summed E-state index contributed by atoms with van der Waals surface area (Å²) in [4.78, 5) is 0. The van der Waals surface area contributed by atoms with Crippen LogP contribution in [0.4, 0.5) is 24.7 Å². The van der Waals surface area contributed by atoms with Gasteiger partial charge in [0.05, 0.1) is 5.56 Å². The molecule has 2 aromatic rings. The molecule has 1 aromatic heterocycles. The standard InChI is InChI=1S/C10H7F3N2O/c11-10(12,13)7-1-3-8(4-2-7)14-9-5-6-16-15-9/h1-6H,(H,14,15). The molecule has 1 N–H and O–H groups in total. The van der Waals surface area contributed by atoms with E-state index in [-0.39, 0.29) is 0 Å². The van der Waals surface area contributed by atoms with Crippen LogP contribution in [0.2, 0.25) is 0 Å². The zero-order valence-electron chi connectivity index (χ0n) is 7.95. The number of hydrogen-bond donors (Lipinski definition) is 1. The number of halogens is 3. The highest BCUT2D eigenvalue weighted by Gasteiger charge is 2.29. The fraction of sp³-hybridized carbons (Fsp3) is 0.100. The zero-order chi connectivity index (χ0) is 11.6. The minimum atomic E-state index is -4.31. The fourth-order valence-electron chi connectivity index (χ4n) is 1.17. The molecule has 0 saturated carbocycles. The third-order valence-electron chi connectivity index (χ3n) is 1.92. The number of rotatable bonds is 2. The topological polar surface area (TPSA) is 38.1 Å². The minimum Gasteiger partial charge on any atom is -0.363 e. The maximum absolute atomic E-state index is 12.2. The third kappa shape index (κ3) is 2.33. The molecule has 84 valence electrons. The molecule has 0 unspecified atom stereocenters. The second-order valence-electron chi connectivity index (χ2n) is 3.08. The van der Waals surface area contributed by atoms with Crippen LogP contribution in [-0.2, 0) is 6.18 Å². The largest absolute Gasteiger partial charge is 0.416 e. The van der Waals surface area contributed by atoms with Gasteiger partial charge >= 0.3 is 6.18 Å². The first kappa shape index (κ1) is 10.5. The highest BCUT2D eigenvalue weighted by molar-refractivity contribution is 5.55. The van der Waals surface area contributed by atoms with Gasteiger partial charge in [-0.1, -0.05) is 5.16 Å². The van der Waals surface area contributed by atoms with Gasteiger partial charge in [0.2, 0.25) is 0 Å². The Morgan fingerprint density at radius 1 is 1.06 bits per heavy atom. The van der Waals surface area contributed by atoms with Crippen LogP contribution >= 0.6 is 0 Å². The smallest absolute Gasteiger partial charge is 0.363 e. The Bertz CT molecular complexity index is 448. The van der Waals surface area contributed by atoms with E-state index in [0.29, 0.717) is 11.5 Å². The quantitative estimate of drug-likeness (QED) is 0.855. The molecule has 0 atom stereocenters. The molecule has 0 fully saturated rings. The van der Waals surface area contributed by atoms with Gasteiger partial charge < -0.3 is 9.84 Å². The van der Waals surface area contributed by atoms with E-state index in [9.17, 15) is 13.2 Å². The first-order valence-corrected chi connectivity index (χ1v) is 4.40. The highest BCUT2D eigenvalue weighted by atomic mass is 19.4. The summed E-state index contributed by atoms with van der Waals surface area (Å²) in [6.45, 7) is 0. The predicted molar refractivity (Wildman–Crippen MR) is 51.2 cm³/mol. The van der Waals surface area contributed by atoms with E-state index in [1.807, 2.05) is 0 Å². The lowest BCUT2D eigenvalue weighted by Crippen LogP contribution is -2.04. The molecule has 0 radical (unpaired) electrons. The average molecular weight is 228 g/mol. The van der Waals surface area contributed by atoms with Crippen LogP contribution in [0, 0.1) is 0 Å². The van der Waals surface area contributed by atoms with E-state index >= 15 is 0 Å². The van der Waals surface area contributed by atoms with Crippen molar-refractivity contribution in [3.05, 3.63) is 42.2 Å². The van der Waals surface area contributed by atoms with E-state index < -0.39 is 11.7 Å². The van der Waals surface area contributed by atoms with Crippen LogP contribution in [0.5, 0.6) is 0 Å². The van der Waals surface area contributed by atoms with Gasteiger partial charge in [0.15, 0.2) is 5.82 Å². The van der Waals surface area contributed by atoms with Gasteiger partial charge in [-0.15, -0.1) is 0 Å². The number of hydrogen-bond acceptors (Lipinski definition) is 3. The van der Waals surface area contributed by atoms with Crippen LogP contribution in [0.25, 0.3) is 0 Å². The summed E-state index contributed by atoms with van der Waals surface area (Å²) in [6.07, 6.45) is -2.95. The molecule has 0 amide bonds.